The number of aryl methyl sites for hydroxylation is 1. The molecular weight excluding hydrogens is 495 g/mol. The molecule has 4 rings (SSSR count). The average molecular weight is 524 g/mol. The molecule has 0 unspecified atom stereocenters. The highest BCUT2D eigenvalue weighted by Crippen LogP contribution is 2.31. The first kappa shape index (κ1) is 27.4. The number of carboxylic acids is 1. The normalized spacial score (nSPS) is 14.5. The van der Waals surface area contributed by atoms with Crippen LogP contribution in [0, 0.1) is 6.92 Å². The molecule has 11 heteroatoms. The maximum absolute atomic E-state index is 12.0. The fraction of sp³-hybridized carbons (Fsp3) is 0.400. The molecule has 1 N–H and O–H groups in total. The Morgan fingerprint density at radius 1 is 1.22 bits per heavy atom. The van der Waals surface area contributed by atoms with Crippen LogP contribution in [-0.4, -0.2) is 66.4 Å². The number of piperidine rings is 1. The van der Waals surface area contributed by atoms with Gasteiger partial charge in [-0.05, 0) is 56.1 Å². The lowest BCUT2D eigenvalue weighted by Gasteiger charge is -2.38. The van der Waals surface area contributed by atoms with Crippen molar-refractivity contribution in [2.24, 2.45) is 0 Å². The van der Waals surface area contributed by atoms with Gasteiger partial charge in [0.1, 0.15) is 9.71 Å². The number of hydrogen-bond acceptors (Lipinski definition) is 7. The van der Waals surface area contributed by atoms with Crippen molar-refractivity contribution in [3.05, 3.63) is 58.6 Å². The van der Waals surface area contributed by atoms with Gasteiger partial charge in [-0.25, -0.2) is 14.6 Å². The molecular formula is C25H28F3N3O4S. The summed E-state index contributed by atoms with van der Waals surface area (Å²) >= 11 is 1.41. The van der Waals surface area contributed by atoms with E-state index in [1.807, 2.05) is 13.1 Å². The van der Waals surface area contributed by atoms with Crippen LogP contribution in [0.5, 0.6) is 0 Å². The lowest BCUT2D eigenvalue weighted by molar-refractivity contribution is -0.192. The molecule has 0 radical (unpaired) electrons. The Morgan fingerprint density at radius 2 is 1.83 bits per heavy atom. The van der Waals surface area contributed by atoms with Crippen LogP contribution in [0.25, 0.3) is 10.2 Å². The lowest BCUT2D eigenvalue weighted by Crippen LogP contribution is -2.43. The minimum Gasteiger partial charge on any atom is -0.475 e. The Kier molecular flexibility index (Phi) is 8.91. The molecule has 0 spiro atoms. The molecule has 3 heterocycles. The monoisotopic (exact) mass is 523 g/mol. The second-order valence-corrected chi connectivity index (χ2v) is 9.51. The predicted molar refractivity (Wildman–Crippen MR) is 133 cm³/mol. The van der Waals surface area contributed by atoms with Gasteiger partial charge in [0.15, 0.2) is 0 Å². The number of esters is 1. The van der Waals surface area contributed by atoms with E-state index in [1.165, 1.54) is 29.7 Å². The van der Waals surface area contributed by atoms with Crippen LogP contribution in [-0.2, 0) is 16.1 Å². The molecule has 1 aliphatic rings. The zero-order valence-corrected chi connectivity index (χ0v) is 21.0. The quantitative estimate of drug-likeness (QED) is 0.465. The third kappa shape index (κ3) is 6.73. The van der Waals surface area contributed by atoms with Crippen molar-refractivity contribution in [1.29, 1.82) is 0 Å². The molecule has 3 aromatic rings. The van der Waals surface area contributed by atoms with Gasteiger partial charge in [0, 0.05) is 42.9 Å². The number of thiophene rings is 1. The minimum absolute atomic E-state index is 0.283. The molecule has 1 fully saturated rings. The fourth-order valence-corrected chi connectivity index (χ4v) is 5.19. The van der Waals surface area contributed by atoms with Gasteiger partial charge in [-0.15, -0.1) is 11.3 Å². The number of benzene rings is 1. The number of nitrogens with zero attached hydrogens (tertiary/aromatic N) is 3. The summed E-state index contributed by atoms with van der Waals surface area (Å²) in [6, 6.07) is 13.4. The number of alkyl halides is 3. The van der Waals surface area contributed by atoms with E-state index in [0.29, 0.717) is 10.9 Å². The van der Waals surface area contributed by atoms with E-state index < -0.39 is 12.1 Å². The molecule has 7 nitrogen and oxygen atoms in total. The van der Waals surface area contributed by atoms with Crippen LogP contribution in [0.15, 0.2) is 42.6 Å². The first-order valence-corrected chi connectivity index (χ1v) is 12.1. The summed E-state index contributed by atoms with van der Waals surface area (Å²) in [7, 11) is 3.62. The first-order valence-electron chi connectivity index (χ1n) is 11.3. The van der Waals surface area contributed by atoms with Gasteiger partial charge in [0.25, 0.3) is 0 Å². The van der Waals surface area contributed by atoms with Crippen LogP contribution < -0.4 is 4.90 Å². The zero-order valence-electron chi connectivity index (χ0n) is 20.2. The number of pyridine rings is 1. The summed E-state index contributed by atoms with van der Waals surface area (Å²) in [6.07, 6.45) is -0.828. The van der Waals surface area contributed by atoms with Crippen molar-refractivity contribution >= 4 is 39.2 Å². The molecule has 0 aliphatic carbocycles. The third-order valence-electron chi connectivity index (χ3n) is 6.11. The van der Waals surface area contributed by atoms with Gasteiger partial charge in [0.2, 0.25) is 0 Å². The maximum atomic E-state index is 12.0. The van der Waals surface area contributed by atoms with Crippen molar-refractivity contribution in [1.82, 2.24) is 9.88 Å². The molecule has 194 valence electrons. The van der Waals surface area contributed by atoms with Gasteiger partial charge in [-0.3, -0.25) is 4.90 Å². The van der Waals surface area contributed by atoms with E-state index in [0.717, 1.165) is 48.3 Å². The van der Waals surface area contributed by atoms with Gasteiger partial charge >= 0.3 is 18.1 Å². The number of carbonyl (C=O) groups excluding carboxylic acids is 1. The Hall–Kier alpha value is -3.18. The van der Waals surface area contributed by atoms with E-state index in [2.05, 4.69) is 58.2 Å². The molecule has 0 amide bonds. The summed E-state index contributed by atoms with van der Waals surface area (Å²) in [5.41, 5.74) is 3.46. The molecule has 0 saturated carbocycles. The number of aliphatic carboxylic acids is 1. The summed E-state index contributed by atoms with van der Waals surface area (Å²) in [5, 5.41) is 8.18. The number of para-hydroxylation sites is 1. The number of fused-ring (bicyclic) bond motifs is 1. The van der Waals surface area contributed by atoms with Gasteiger partial charge in [-0.1, -0.05) is 18.2 Å². The van der Waals surface area contributed by atoms with Crippen LogP contribution in [0.3, 0.4) is 0 Å². The van der Waals surface area contributed by atoms with Crippen molar-refractivity contribution in [3.8, 4) is 0 Å². The highest BCUT2D eigenvalue weighted by atomic mass is 32.1. The first-order chi connectivity index (χ1) is 17.0. The lowest BCUT2D eigenvalue weighted by atomic mass is 10.0. The van der Waals surface area contributed by atoms with Gasteiger partial charge in [0.05, 0.1) is 7.11 Å². The summed E-state index contributed by atoms with van der Waals surface area (Å²) in [5.74, 6) is -3.04. The van der Waals surface area contributed by atoms with E-state index in [-0.39, 0.29) is 5.97 Å². The van der Waals surface area contributed by atoms with Crippen LogP contribution in [0.4, 0.5) is 18.9 Å². The molecule has 1 aliphatic heterocycles. The number of aromatic nitrogens is 1. The molecule has 1 saturated heterocycles. The van der Waals surface area contributed by atoms with Crippen molar-refractivity contribution in [3.63, 3.8) is 0 Å². The average Bonchev–Trinajstić information content (AvgIpc) is 3.19. The van der Waals surface area contributed by atoms with Gasteiger partial charge in [-0.2, -0.15) is 13.2 Å². The molecule has 0 bridgehead atoms. The van der Waals surface area contributed by atoms with Crippen molar-refractivity contribution in [2.45, 2.75) is 38.5 Å². The summed E-state index contributed by atoms with van der Waals surface area (Å²) < 4.78 is 36.6. The Balaban J connectivity index is 0.000000454. The molecule has 36 heavy (non-hydrogen) atoms. The Bertz CT molecular complexity index is 1190. The van der Waals surface area contributed by atoms with Crippen LogP contribution >= 0.6 is 11.3 Å². The summed E-state index contributed by atoms with van der Waals surface area (Å²) in [4.78, 5) is 31.9. The minimum atomic E-state index is -5.08. The van der Waals surface area contributed by atoms with E-state index in [4.69, 9.17) is 14.6 Å². The predicted octanol–water partition coefficient (Wildman–Crippen LogP) is 5.13. The SMILES string of the molecule is COC(=O)c1sc2ncc(CN(C)C3CCN(c4ccccc4)CC3)cc2c1C.O=C(O)C(F)(F)F. The number of carboxylic acid groups (broad SMARTS) is 1. The number of carbonyl (C=O) groups is 2. The molecule has 1 aromatic carbocycles. The molecule has 0 atom stereocenters. The smallest absolute Gasteiger partial charge is 0.475 e. The number of halogens is 3. The number of rotatable bonds is 5. The highest BCUT2D eigenvalue weighted by Gasteiger charge is 2.38. The number of anilines is 1. The van der Waals surface area contributed by atoms with E-state index in [9.17, 15) is 18.0 Å². The van der Waals surface area contributed by atoms with Crippen molar-refractivity contribution < 1.29 is 32.6 Å². The second kappa shape index (κ2) is 11.7. The fourth-order valence-electron chi connectivity index (χ4n) is 4.14. The van der Waals surface area contributed by atoms with Gasteiger partial charge < -0.3 is 14.7 Å². The number of methoxy groups -OCH3 is 1. The van der Waals surface area contributed by atoms with Crippen LogP contribution in [0.1, 0.15) is 33.6 Å². The Labute approximate surface area is 211 Å². The largest absolute Gasteiger partial charge is 0.490 e. The third-order valence-corrected chi connectivity index (χ3v) is 7.30. The number of ether oxygens (including phenoxy) is 1. The van der Waals surface area contributed by atoms with Crippen molar-refractivity contribution in [2.75, 3.05) is 32.1 Å². The standard InChI is InChI=1S/C23H27N3O2S.C2HF3O2/c1-16-20-13-17(14-24-22(20)29-21(16)23(27)28-3)15-25(2)18-9-11-26(12-10-18)19-7-5-4-6-8-19;3-2(4,5)1(6)7/h4-8,13-14,18H,9-12,15H2,1-3H3;(H,6,7). The van der Waals surface area contributed by atoms with Crippen LogP contribution in [0.2, 0.25) is 0 Å². The zero-order chi connectivity index (χ0) is 26.5. The molecule has 2 aromatic heterocycles. The highest BCUT2D eigenvalue weighted by molar-refractivity contribution is 7.20. The number of hydrogen-bond donors (Lipinski definition) is 1. The van der Waals surface area contributed by atoms with E-state index in [1.54, 1.807) is 0 Å². The Morgan fingerprint density at radius 3 is 2.39 bits per heavy atom. The topological polar surface area (TPSA) is 83.0 Å². The maximum Gasteiger partial charge on any atom is 0.490 e. The second-order valence-electron chi connectivity index (χ2n) is 8.52. The summed E-state index contributed by atoms with van der Waals surface area (Å²) in [6.45, 7) is 5.01. The van der Waals surface area contributed by atoms with E-state index >= 15 is 0 Å².